The fourth-order valence-corrected chi connectivity index (χ4v) is 3.00. The number of nitrogens with one attached hydrogen (secondary N) is 2. The van der Waals surface area contributed by atoms with Crippen LogP contribution in [0.15, 0.2) is 48.8 Å². The average Bonchev–Trinajstić information content (AvgIpc) is 2.64. The molecule has 1 amide bonds. The number of piperazine rings is 1. The van der Waals surface area contributed by atoms with Crippen LogP contribution in [0.1, 0.15) is 18.5 Å². The summed E-state index contributed by atoms with van der Waals surface area (Å²) in [6.07, 6.45) is 3.53. The molecule has 1 aliphatic rings. The Labute approximate surface area is 142 Å². The van der Waals surface area contributed by atoms with E-state index in [9.17, 15) is 4.79 Å². The second kappa shape index (κ2) is 7.88. The van der Waals surface area contributed by atoms with Gasteiger partial charge in [-0.05, 0) is 18.6 Å². The zero-order valence-corrected chi connectivity index (χ0v) is 14.0. The maximum atomic E-state index is 12.3. The van der Waals surface area contributed by atoms with Crippen LogP contribution in [-0.2, 0) is 4.79 Å². The van der Waals surface area contributed by atoms with Crippen LogP contribution in [0.3, 0.4) is 0 Å². The number of hydrogen-bond donors (Lipinski definition) is 2. The highest BCUT2D eigenvalue weighted by Gasteiger charge is 2.24. The number of anilines is 1. The smallest absolute Gasteiger partial charge is 0.275 e. The summed E-state index contributed by atoms with van der Waals surface area (Å²) < 4.78 is 0. The van der Waals surface area contributed by atoms with Gasteiger partial charge in [0.1, 0.15) is 0 Å². The molecule has 1 aromatic heterocycles. The monoisotopic (exact) mass is 326 g/mol. The maximum Gasteiger partial charge on any atom is 0.275 e. The van der Waals surface area contributed by atoms with E-state index in [4.69, 9.17) is 0 Å². The van der Waals surface area contributed by atoms with E-state index in [-0.39, 0.29) is 11.9 Å². The molecule has 2 N–H and O–H groups in total. The number of carbonyl (C=O) groups is 1. The van der Waals surface area contributed by atoms with Crippen LogP contribution in [0.4, 0.5) is 5.95 Å². The van der Waals surface area contributed by atoms with Gasteiger partial charge in [0.2, 0.25) is 5.95 Å². The predicted octanol–water partition coefficient (Wildman–Crippen LogP) is 0.0589. The molecular formula is C18H24N5O+. The number of nitrogens with zero attached hydrogens (tertiary/aromatic N) is 3. The average molecular weight is 326 g/mol. The summed E-state index contributed by atoms with van der Waals surface area (Å²) in [5.41, 5.74) is 1.13. The molecule has 3 rings (SSSR count). The van der Waals surface area contributed by atoms with Crippen LogP contribution in [0.2, 0.25) is 0 Å². The Bertz CT molecular complexity index is 641. The number of carbonyl (C=O) groups excluding carboxylic acids is 1. The van der Waals surface area contributed by atoms with Gasteiger partial charge < -0.3 is 15.1 Å². The number of benzene rings is 1. The van der Waals surface area contributed by atoms with Crippen LogP contribution in [-0.4, -0.2) is 48.6 Å². The molecule has 0 spiro atoms. The minimum absolute atomic E-state index is 0.0390. The van der Waals surface area contributed by atoms with Crippen molar-refractivity contribution < 1.29 is 9.69 Å². The summed E-state index contributed by atoms with van der Waals surface area (Å²) in [7, 11) is 0. The Morgan fingerprint density at radius 2 is 1.83 bits per heavy atom. The van der Waals surface area contributed by atoms with E-state index < -0.39 is 0 Å². The topological polar surface area (TPSA) is 62.6 Å². The van der Waals surface area contributed by atoms with Gasteiger partial charge in [-0.3, -0.25) is 4.79 Å². The third kappa shape index (κ3) is 4.29. The highest BCUT2D eigenvalue weighted by Crippen LogP contribution is 2.10. The van der Waals surface area contributed by atoms with E-state index in [1.54, 1.807) is 12.4 Å². The molecule has 126 valence electrons. The molecular weight excluding hydrogens is 302 g/mol. The van der Waals surface area contributed by atoms with Crippen molar-refractivity contribution in [3.8, 4) is 0 Å². The van der Waals surface area contributed by atoms with Gasteiger partial charge in [0.05, 0.1) is 32.2 Å². The summed E-state index contributed by atoms with van der Waals surface area (Å²) in [4.78, 5) is 24.3. The lowest BCUT2D eigenvalue weighted by molar-refractivity contribution is -0.892. The lowest BCUT2D eigenvalue weighted by Crippen LogP contribution is -3.16. The van der Waals surface area contributed by atoms with Gasteiger partial charge in [-0.25, -0.2) is 9.97 Å². The van der Waals surface area contributed by atoms with Gasteiger partial charge >= 0.3 is 0 Å². The Morgan fingerprint density at radius 1 is 1.17 bits per heavy atom. The van der Waals surface area contributed by atoms with Gasteiger partial charge in [-0.15, -0.1) is 0 Å². The first-order chi connectivity index (χ1) is 11.7. The first kappa shape index (κ1) is 16.4. The molecule has 2 aromatic rings. The minimum atomic E-state index is 0.0390. The highest BCUT2D eigenvalue weighted by atomic mass is 16.2. The summed E-state index contributed by atoms with van der Waals surface area (Å²) in [6, 6.07) is 11.9. The molecule has 6 nitrogen and oxygen atoms in total. The zero-order chi connectivity index (χ0) is 16.8. The van der Waals surface area contributed by atoms with Crippen LogP contribution in [0, 0.1) is 0 Å². The molecule has 1 atom stereocenters. The van der Waals surface area contributed by atoms with Gasteiger partial charge in [-0.2, -0.15) is 0 Å². The molecule has 0 bridgehead atoms. The van der Waals surface area contributed by atoms with E-state index >= 15 is 0 Å². The SMILES string of the molecule is C[C@@H](NC(=O)C[NH+]1CCN(c2ncccn2)CC1)c1ccccc1. The minimum Gasteiger partial charge on any atom is -0.345 e. The number of aromatic nitrogens is 2. The van der Waals surface area contributed by atoms with E-state index in [0.717, 1.165) is 37.7 Å². The molecule has 0 saturated carbocycles. The van der Waals surface area contributed by atoms with E-state index in [1.807, 2.05) is 43.3 Å². The molecule has 0 unspecified atom stereocenters. The van der Waals surface area contributed by atoms with E-state index in [1.165, 1.54) is 4.90 Å². The standard InChI is InChI=1S/C18H23N5O/c1-15(16-6-3-2-4-7-16)21-17(24)14-22-10-12-23(13-11-22)18-19-8-5-9-20-18/h2-9,15H,10-14H2,1H3,(H,21,24)/p+1/t15-/m1/s1. The Hall–Kier alpha value is -2.47. The summed E-state index contributed by atoms with van der Waals surface area (Å²) >= 11 is 0. The molecule has 1 saturated heterocycles. The Balaban J connectivity index is 1.45. The van der Waals surface area contributed by atoms with Crippen LogP contribution >= 0.6 is 0 Å². The molecule has 0 radical (unpaired) electrons. The third-order valence-corrected chi connectivity index (χ3v) is 4.39. The van der Waals surface area contributed by atoms with Crippen LogP contribution in [0.25, 0.3) is 0 Å². The van der Waals surface area contributed by atoms with Gasteiger partial charge in [-0.1, -0.05) is 30.3 Å². The van der Waals surface area contributed by atoms with Gasteiger partial charge in [0.25, 0.3) is 5.91 Å². The number of hydrogen-bond acceptors (Lipinski definition) is 4. The van der Waals surface area contributed by atoms with Crippen molar-refractivity contribution >= 4 is 11.9 Å². The summed E-state index contributed by atoms with van der Waals surface area (Å²) in [5, 5.41) is 3.09. The van der Waals surface area contributed by atoms with Crippen molar-refractivity contribution in [1.29, 1.82) is 0 Å². The maximum absolute atomic E-state index is 12.3. The van der Waals surface area contributed by atoms with Gasteiger partial charge in [0, 0.05) is 12.4 Å². The third-order valence-electron chi connectivity index (χ3n) is 4.39. The second-order valence-corrected chi connectivity index (χ2v) is 6.16. The fourth-order valence-electron chi connectivity index (χ4n) is 3.00. The lowest BCUT2D eigenvalue weighted by Gasteiger charge is -2.31. The second-order valence-electron chi connectivity index (χ2n) is 6.16. The molecule has 1 aromatic carbocycles. The van der Waals surface area contributed by atoms with Crippen molar-refractivity contribution in [2.45, 2.75) is 13.0 Å². The van der Waals surface area contributed by atoms with Crippen molar-refractivity contribution in [3.05, 3.63) is 54.4 Å². The largest absolute Gasteiger partial charge is 0.345 e. The number of amides is 1. The van der Waals surface area contributed by atoms with Crippen molar-refractivity contribution in [3.63, 3.8) is 0 Å². The van der Waals surface area contributed by atoms with Crippen molar-refractivity contribution in [2.75, 3.05) is 37.6 Å². The molecule has 1 fully saturated rings. The van der Waals surface area contributed by atoms with Crippen molar-refractivity contribution in [1.82, 2.24) is 15.3 Å². The Kier molecular flexibility index (Phi) is 5.38. The molecule has 2 heterocycles. The van der Waals surface area contributed by atoms with E-state index in [2.05, 4.69) is 20.2 Å². The first-order valence-electron chi connectivity index (χ1n) is 8.42. The normalized spacial score (nSPS) is 16.6. The summed E-state index contributed by atoms with van der Waals surface area (Å²) in [5.74, 6) is 0.879. The van der Waals surface area contributed by atoms with Crippen LogP contribution < -0.4 is 15.1 Å². The highest BCUT2D eigenvalue weighted by molar-refractivity contribution is 5.77. The number of quaternary nitrogens is 1. The quantitative estimate of drug-likeness (QED) is 0.816. The fraction of sp³-hybridized carbons (Fsp3) is 0.389. The molecule has 0 aliphatic carbocycles. The molecule has 24 heavy (non-hydrogen) atoms. The molecule has 6 heteroatoms. The zero-order valence-electron chi connectivity index (χ0n) is 14.0. The number of rotatable bonds is 5. The summed E-state index contributed by atoms with van der Waals surface area (Å²) in [6.45, 7) is 6.13. The lowest BCUT2D eigenvalue weighted by atomic mass is 10.1. The van der Waals surface area contributed by atoms with Crippen molar-refractivity contribution in [2.24, 2.45) is 0 Å². The predicted molar refractivity (Wildman–Crippen MR) is 92.8 cm³/mol. The van der Waals surface area contributed by atoms with Crippen LogP contribution in [0.5, 0.6) is 0 Å². The Morgan fingerprint density at radius 3 is 2.50 bits per heavy atom. The molecule has 1 aliphatic heterocycles. The van der Waals surface area contributed by atoms with Gasteiger partial charge in [0.15, 0.2) is 6.54 Å². The van der Waals surface area contributed by atoms with E-state index in [0.29, 0.717) is 6.54 Å². The first-order valence-corrected chi connectivity index (χ1v) is 8.42.